The first-order valence-electron chi connectivity index (χ1n) is 4.89. The smallest absolute Gasteiger partial charge is 0.332 e. The number of amides is 1. The maximum atomic E-state index is 11.4. The summed E-state index contributed by atoms with van der Waals surface area (Å²) in [4.78, 5) is 22.5. The number of aliphatic hydroxyl groups excluding tert-OH is 1. The lowest BCUT2D eigenvalue weighted by Gasteiger charge is -2.31. The largest absolute Gasteiger partial charge is 0.464 e. The molecule has 0 spiro atoms. The number of esters is 1. The lowest BCUT2D eigenvalue weighted by atomic mass is 10.0. The van der Waals surface area contributed by atoms with Crippen LogP contribution in [0.2, 0.25) is 0 Å². The molecule has 0 saturated carbocycles. The van der Waals surface area contributed by atoms with E-state index in [1.165, 1.54) is 4.90 Å². The number of alkyl halides is 1. The second-order valence-electron chi connectivity index (χ2n) is 3.81. The molecule has 0 aromatic heterocycles. The van der Waals surface area contributed by atoms with Crippen molar-refractivity contribution in [1.29, 1.82) is 0 Å². The Labute approximate surface area is 91.9 Å². The van der Waals surface area contributed by atoms with Crippen LogP contribution in [0.1, 0.15) is 19.3 Å². The number of likely N-dealkylation sites (tertiary alicyclic amines) is 1. The number of ether oxygens (including phenoxy) is 1. The number of aliphatic hydroxyl groups is 1. The fourth-order valence-corrected chi connectivity index (χ4v) is 2.17. The van der Waals surface area contributed by atoms with Crippen LogP contribution >= 0.6 is 11.6 Å². The van der Waals surface area contributed by atoms with E-state index in [0.29, 0.717) is 19.4 Å². The Morgan fingerprint density at radius 1 is 1.53 bits per heavy atom. The predicted molar refractivity (Wildman–Crippen MR) is 51.1 cm³/mol. The van der Waals surface area contributed by atoms with Crippen LogP contribution in [0.5, 0.6) is 0 Å². The molecule has 6 heteroatoms. The standard InChI is InChI=1S/C9H12ClNO4/c10-9(3-5-15-8(9)14)7(13)11-4-1-2-6(11)12/h7,13H,1-5H2. The molecule has 1 N–H and O–H groups in total. The van der Waals surface area contributed by atoms with E-state index in [9.17, 15) is 14.7 Å². The van der Waals surface area contributed by atoms with E-state index in [-0.39, 0.29) is 18.9 Å². The lowest BCUT2D eigenvalue weighted by Crippen LogP contribution is -2.52. The van der Waals surface area contributed by atoms with Gasteiger partial charge in [0.2, 0.25) is 5.91 Å². The molecule has 2 aliphatic rings. The Kier molecular flexibility index (Phi) is 2.60. The zero-order valence-corrected chi connectivity index (χ0v) is 8.87. The van der Waals surface area contributed by atoms with Gasteiger partial charge in [0.25, 0.3) is 0 Å². The minimum Gasteiger partial charge on any atom is -0.464 e. The second-order valence-corrected chi connectivity index (χ2v) is 4.49. The van der Waals surface area contributed by atoms with Gasteiger partial charge in [0, 0.05) is 19.4 Å². The van der Waals surface area contributed by atoms with Gasteiger partial charge in [-0.2, -0.15) is 0 Å². The molecule has 15 heavy (non-hydrogen) atoms. The van der Waals surface area contributed by atoms with Crippen molar-refractivity contribution in [2.75, 3.05) is 13.2 Å². The minimum absolute atomic E-state index is 0.165. The predicted octanol–water partition coefficient (Wildman–Crippen LogP) is -0.148. The highest BCUT2D eigenvalue weighted by atomic mass is 35.5. The first-order chi connectivity index (χ1) is 7.05. The summed E-state index contributed by atoms with van der Waals surface area (Å²) < 4.78 is 4.72. The van der Waals surface area contributed by atoms with Crippen LogP contribution in [0.25, 0.3) is 0 Å². The van der Waals surface area contributed by atoms with Crippen molar-refractivity contribution in [2.24, 2.45) is 0 Å². The zero-order chi connectivity index (χ0) is 11.1. The summed E-state index contributed by atoms with van der Waals surface area (Å²) in [6.07, 6.45) is 0.0548. The van der Waals surface area contributed by atoms with Crippen LogP contribution in [-0.4, -0.2) is 46.1 Å². The molecule has 0 aliphatic carbocycles. The summed E-state index contributed by atoms with van der Waals surface area (Å²) in [7, 11) is 0. The molecule has 5 nitrogen and oxygen atoms in total. The fraction of sp³-hybridized carbons (Fsp3) is 0.778. The van der Waals surface area contributed by atoms with Gasteiger partial charge < -0.3 is 14.7 Å². The molecule has 0 aromatic rings. The van der Waals surface area contributed by atoms with Crippen LogP contribution in [0.4, 0.5) is 0 Å². The average Bonchev–Trinajstić information content (AvgIpc) is 2.75. The van der Waals surface area contributed by atoms with Gasteiger partial charge in [-0.3, -0.25) is 4.79 Å². The van der Waals surface area contributed by atoms with E-state index in [2.05, 4.69) is 0 Å². The van der Waals surface area contributed by atoms with E-state index >= 15 is 0 Å². The number of carbonyl (C=O) groups excluding carboxylic acids is 2. The molecule has 2 fully saturated rings. The van der Waals surface area contributed by atoms with Gasteiger partial charge in [0.15, 0.2) is 11.1 Å². The van der Waals surface area contributed by atoms with Crippen molar-refractivity contribution in [3.8, 4) is 0 Å². The Bertz CT molecular complexity index is 308. The number of nitrogens with zero attached hydrogens (tertiary/aromatic N) is 1. The molecule has 2 saturated heterocycles. The quantitative estimate of drug-likeness (QED) is 0.532. The summed E-state index contributed by atoms with van der Waals surface area (Å²) in [5.74, 6) is -0.807. The van der Waals surface area contributed by atoms with E-state index in [1.54, 1.807) is 0 Å². The van der Waals surface area contributed by atoms with Crippen molar-refractivity contribution in [1.82, 2.24) is 4.90 Å². The zero-order valence-electron chi connectivity index (χ0n) is 8.11. The van der Waals surface area contributed by atoms with Crippen molar-refractivity contribution in [3.63, 3.8) is 0 Å². The highest BCUT2D eigenvalue weighted by molar-refractivity contribution is 6.35. The van der Waals surface area contributed by atoms with Crippen molar-refractivity contribution < 1.29 is 19.4 Å². The van der Waals surface area contributed by atoms with Crippen LogP contribution < -0.4 is 0 Å². The molecule has 2 rings (SSSR count). The van der Waals surface area contributed by atoms with Gasteiger partial charge in [-0.25, -0.2) is 4.79 Å². The van der Waals surface area contributed by atoms with Gasteiger partial charge in [0.05, 0.1) is 6.61 Å². The topological polar surface area (TPSA) is 66.8 Å². The molecule has 84 valence electrons. The third-order valence-electron chi connectivity index (χ3n) is 2.85. The molecule has 2 unspecified atom stereocenters. The number of hydrogen-bond donors (Lipinski definition) is 1. The SMILES string of the molecule is O=C1CCCN1C(O)C1(Cl)CCOC1=O. The molecular weight excluding hydrogens is 222 g/mol. The number of cyclic esters (lactones) is 1. The third kappa shape index (κ3) is 1.59. The molecular formula is C9H12ClNO4. The highest BCUT2D eigenvalue weighted by Gasteiger charge is 2.52. The number of carbonyl (C=O) groups is 2. The molecule has 0 aromatic carbocycles. The average molecular weight is 234 g/mol. The summed E-state index contributed by atoms with van der Waals surface area (Å²) in [6.45, 7) is 0.642. The summed E-state index contributed by atoms with van der Waals surface area (Å²) in [5, 5.41) is 9.92. The Morgan fingerprint density at radius 3 is 2.73 bits per heavy atom. The summed E-state index contributed by atoms with van der Waals surface area (Å²) in [5.41, 5.74) is 0. The maximum Gasteiger partial charge on any atom is 0.332 e. The lowest BCUT2D eigenvalue weighted by molar-refractivity contribution is -0.150. The number of hydrogen-bond acceptors (Lipinski definition) is 4. The van der Waals surface area contributed by atoms with Gasteiger partial charge in [0.1, 0.15) is 0 Å². The van der Waals surface area contributed by atoms with Gasteiger partial charge in [-0.05, 0) is 6.42 Å². The first-order valence-corrected chi connectivity index (χ1v) is 5.27. The molecule has 0 bridgehead atoms. The molecule has 0 radical (unpaired) electrons. The number of halogens is 1. The Balaban J connectivity index is 2.15. The van der Waals surface area contributed by atoms with Crippen molar-refractivity contribution >= 4 is 23.5 Å². The maximum absolute atomic E-state index is 11.4. The molecule has 1 amide bonds. The van der Waals surface area contributed by atoms with Crippen LogP contribution in [0.3, 0.4) is 0 Å². The normalized spacial score (nSPS) is 33.3. The van der Waals surface area contributed by atoms with E-state index in [0.717, 1.165) is 0 Å². The van der Waals surface area contributed by atoms with Gasteiger partial charge in [-0.1, -0.05) is 0 Å². The van der Waals surface area contributed by atoms with E-state index in [1.807, 2.05) is 0 Å². The fourth-order valence-electron chi connectivity index (χ4n) is 1.92. The molecule has 2 aliphatic heterocycles. The monoisotopic (exact) mass is 233 g/mol. The van der Waals surface area contributed by atoms with Crippen LogP contribution in [0, 0.1) is 0 Å². The second kappa shape index (κ2) is 3.64. The molecule has 2 heterocycles. The third-order valence-corrected chi connectivity index (χ3v) is 3.39. The summed E-state index contributed by atoms with van der Waals surface area (Å²) >= 11 is 6.00. The number of rotatable bonds is 2. The minimum atomic E-state index is -1.47. The van der Waals surface area contributed by atoms with Gasteiger partial charge >= 0.3 is 5.97 Å². The van der Waals surface area contributed by atoms with Crippen molar-refractivity contribution in [2.45, 2.75) is 30.4 Å². The van der Waals surface area contributed by atoms with E-state index in [4.69, 9.17) is 16.3 Å². The van der Waals surface area contributed by atoms with Crippen LogP contribution in [-0.2, 0) is 14.3 Å². The first kappa shape index (κ1) is 10.7. The highest BCUT2D eigenvalue weighted by Crippen LogP contribution is 2.34. The van der Waals surface area contributed by atoms with Crippen molar-refractivity contribution in [3.05, 3.63) is 0 Å². The summed E-state index contributed by atoms with van der Waals surface area (Å²) in [6, 6.07) is 0. The Morgan fingerprint density at radius 2 is 2.27 bits per heavy atom. The van der Waals surface area contributed by atoms with Gasteiger partial charge in [-0.15, -0.1) is 11.6 Å². The Hall–Kier alpha value is -0.810. The van der Waals surface area contributed by atoms with E-state index < -0.39 is 17.1 Å². The molecule has 2 atom stereocenters. The van der Waals surface area contributed by atoms with Crippen LogP contribution in [0.15, 0.2) is 0 Å².